The van der Waals surface area contributed by atoms with Crippen molar-refractivity contribution in [1.29, 1.82) is 0 Å². The molecule has 0 amide bonds. The van der Waals surface area contributed by atoms with Crippen molar-refractivity contribution in [2.75, 3.05) is 30.9 Å². The second-order valence-electron chi connectivity index (χ2n) is 6.01. The van der Waals surface area contributed by atoms with Crippen LogP contribution in [0, 0.1) is 0 Å². The normalized spacial score (nSPS) is 10.4. The molecule has 0 aliphatic carbocycles. The van der Waals surface area contributed by atoms with E-state index in [1.54, 1.807) is 13.3 Å². The average Bonchev–Trinajstić information content (AvgIpc) is 2.69. The Hall–Kier alpha value is -3.15. The molecule has 26 heavy (non-hydrogen) atoms. The van der Waals surface area contributed by atoms with Gasteiger partial charge in [-0.3, -0.25) is 0 Å². The fraction of sp³-hybridized carbons (Fsp3) is 0.250. The van der Waals surface area contributed by atoms with Crippen LogP contribution in [0.25, 0.3) is 0 Å². The summed E-state index contributed by atoms with van der Waals surface area (Å²) in [4.78, 5) is 6.53. The minimum absolute atomic E-state index is 0.597. The minimum Gasteiger partial charge on any atom is -0.497 e. The van der Waals surface area contributed by atoms with Crippen molar-refractivity contribution in [1.82, 2.24) is 15.2 Å². The molecule has 1 heterocycles. The van der Waals surface area contributed by atoms with Crippen molar-refractivity contribution in [2.24, 2.45) is 0 Å². The van der Waals surface area contributed by atoms with E-state index in [9.17, 15) is 0 Å². The number of ether oxygens (including phenoxy) is 1. The molecule has 3 rings (SSSR count). The summed E-state index contributed by atoms with van der Waals surface area (Å²) in [6, 6.07) is 18.3. The molecule has 1 N–H and O–H groups in total. The Morgan fingerprint density at radius 1 is 1.04 bits per heavy atom. The zero-order valence-corrected chi connectivity index (χ0v) is 15.1. The standard InChI is InChI=1S/C20H23N5O/c1-25(15-17-7-4-3-5-8-17)20-23-19(14-22-24-20)21-12-11-16-9-6-10-18(13-16)26-2/h3-10,13-14H,11-12,15H2,1-2H3,(H,21,23,24). The van der Waals surface area contributed by atoms with Crippen LogP contribution in [-0.2, 0) is 13.0 Å². The minimum atomic E-state index is 0.597. The summed E-state index contributed by atoms with van der Waals surface area (Å²) < 4.78 is 5.25. The second-order valence-corrected chi connectivity index (χ2v) is 6.01. The Morgan fingerprint density at radius 3 is 2.65 bits per heavy atom. The molecule has 0 spiro atoms. The molecule has 0 aliphatic heterocycles. The Bertz CT molecular complexity index is 825. The molecular weight excluding hydrogens is 326 g/mol. The van der Waals surface area contributed by atoms with Gasteiger partial charge < -0.3 is 15.0 Å². The third-order valence-corrected chi connectivity index (χ3v) is 4.01. The van der Waals surface area contributed by atoms with Crippen LogP contribution < -0.4 is 15.0 Å². The Balaban J connectivity index is 1.56. The predicted octanol–water partition coefficient (Wildman–Crippen LogP) is 3.17. The lowest BCUT2D eigenvalue weighted by atomic mass is 10.1. The fourth-order valence-corrected chi connectivity index (χ4v) is 2.63. The summed E-state index contributed by atoms with van der Waals surface area (Å²) in [5.41, 5.74) is 2.41. The molecule has 0 saturated carbocycles. The van der Waals surface area contributed by atoms with Crippen LogP contribution in [0.15, 0.2) is 60.8 Å². The number of hydrogen-bond acceptors (Lipinski definition) is 6. The molecule has 1 aromatic heterocycles. The van der Waals surface area contributed by atoms with Crippen LogP contribution >= 0.6 is 0 Å². The Morgan fingerprint density at radius 2 is 1.85 bits per heavy atom. The molecule has 6 heteroatoms. The Kier molecular flexibility index (Phi) is 5.98. The summed E-state index contributed by atoms with van der Waals surface area (Å²) in [5.74, 6) is 2.19. The maximum absolute atomic E-state index is 5.25. The van der Waals surface area contributed by atoms with Crippen molar-refractivity contribution in [3.05, 3.63) is 71.9 Å². The first-order valence-electron chi connectivity index (χ1n) is 8.56. The van der Waals surface area contributed by atoms with Crippen LogP contribution in [0.4, 0.5) is 11.8 Å². The largest absolute Gasteiger partial charge is 0.497 e. The molecule has 0 radical (unpaired) electrons. The van der Waals surface area contributed by atoms with Gasteiger partial charge in [0.15, 0.2) is 5.82 Å². The maximum Gasteiger partial charge on any atom is 0.247 e. The summed E-state index contributed by atoms with van der Waals surface area (Å²) in [5, 5.41) is 11.5. The van der Waals surface area contributed by atoms with Gasteiger partial charge in [-0.05, 0) is 29.7 Å². The van der Waals surface area contributed by atoms with Gasteiger partial charge in [0.1, 0.15) is 5.75 Å². The van der Waals surface area contributed by atoms with E-state index < -0.39 is 0 Å². The van der Waals surface area contributed by atoms with E-state index in [1.165, 1.54) is 11.1 Å². The van der Waals surface area contributed by atoms with E-state index in [-0.39, 0.29) is 0 Å². The smallest absolute Gasteiger partial charge is 0.247 e. The van der Waals surface area contributed by atoms with E-state index >= 15 is 0 Å². The van der Waals surface area contributed by atoms with Crippen LogP contribution in [0.5, 0.6) is 5.75 Å². The van der Waals surface area contributed by atoms with Gasteiger partial charge in [0.25, 0.3) is 0 Å². The van der Waals surface area contributed by atoms with Gasteiger partial charge in [0, 0.05) is 20.1 Å². The van der Waals surface area contributed by atoms with E-state index in [0.29, 0.717) is 5.95 Å². The van der Waals surface area contributed by atoms with Crippen LogP contribution in [0.2, 0.25) is 0 Å². The highest BCUT2D eigenvalue weighted by Gasteiger charge is 2.07. The maximum atomic E-state index is 5.25. The van der Waals surface area contributed by atoms with Gasteiger partial charge in [0.2, 0.25) is 5.95 Å². The van der Waals surface area contributed by atoms with Crippen molar-refractivity contribution in [2.45, 2.75) is 13.0 Å². The fourth-order valence-electron chi connectivity index (χ4n) is 2.63. The van der Waals surface area contributed by atoms with Crippen LogP contribution in [-0.4, -0.2) is 35.9 Å². The number of nitrogens with zero attached hydrogens (tertiary/aromatic N) is 4. The first-order chi connectivity index (χ1) is 12.7. The van der Waals surface area contributed by atoms with E-state index in [2.05, 4.69) is 38.7 Å². The lowest BCUT2D eigenvalue weighted by molar-refractivity contribution is 0.414. The number of anilines is 2. The highest BCUT2D eigenvalue weighted by atomic mass is 16.5. The average molecular weight is 349 g/mol. The third kappa shape index (κ3) is 4.92. The van der Waals surface area contributed by atoms with E-state index in [1.807, 2.05) is 48.3 Å². The monoisotopic (exact) mass is 349 g/mol. The van der Waals surface area contributed by atoms with Crippen LogP contribution in [0.3, 0.4) is 0 Å². The molecule has 0 fully saturated rings. The first-order valence-corrected chi connectivity index (χ1v) is 8.56. The quantitative estimate of drug-likeness (QED) is 0.674. The van der Waals surface area contributed by atoms with E-state index in [0.717, 1.165) is 31.1 Å². The lowest BCUT2D eigenvalue weighted by Crippen LogP contribution is -2.20. The lowest BCUT2D eigenvalue weighted by Gasteiger charge is -2.17. The van der Waals surface area contributed by atoms with Crippen molar-refractivity contribution in [3.8, 4) is 5.75 Å². The molecule has 0 unspecified atom stereocenters. The van der Waals surface area contributed by atoms with Gasteiger partial charge in [-0.2, -0.15) is 10.1 Å². The first kappa shape index (κ1) is 17.7. The topological polar surface area (TPSA) is 63.2 Å². The van der Waals surface area contributed by atoms with E-state index in [4.69, 9.17) is 4.74 Å². The highest BCUT2D eigenvalue weighted by molar-refractivity contribution is 5.39. The number of methoxy groups -OCH3 is 1. The molecule has 0 aliphatic rings. The van der Waals surface area contributed by atoms with Gasteiger partial charge in [-0.1, -0.05) is 42.5 Å². The summed E-state index contributed by atoms with van der Waals surface area (Å²) >= 11 is 0. The predicted molar refractivity (Wildman–Crippen MR) is 104 cm³/mol. The summed E-state index contributed by atoms with van der Waals surface area (Å²) in [7, 11) is 3.64. The third-order valence-electron chi connectivity index (χ3n) is 4.01. The number of nitrogens with one attached hydrogen (secondary N) is 1. The van der Waals surface area contributed by atoms with Crippen LogP contribution in [0.1, 0.15) is 11.1 Å². The molecule has 0 bridgehead atoms. The zero-order chi connectivity index (χ0) is 18.2. The summed E-state index contributed by atoms with van der Waals surface area (Å²) in [6.07, 6.45) is 2.52. The van der Waals surface area contributed by atoms with Gasteiger partial charge in [-0.15, -0.1) is 5.10 Å². The summed E-state index contributed by atoms with van der Waals surface area (Å²) in [6.45, 7) is 1.49. The Labute approximate surface area is 153 Å². The second kappa shape index (κ2) is 8.80. The molecule has 0 saturated heterocycles. The number of benzene rings is 2. The number of rotatable bonds is 8. The SMILES string of the molecule is COc1cccc(CCNc2cnnc(N(C)Cc3ccccc3)n2)c1. The van der Waals surface area contributed by atoms with Gasteiger partial charge in [-0.25, -0.2) is 0 Å². The molecule has 3 aromatic rings. The molecule has 0 atom stereocenters. The highest BCUT2D eigenvalue weighted by Crippen LogP contribution is 2.14. The number of hydrogen-bond donors (Lipinski definition) is 1. The van der Waals surface area contributed by atoms with Gasteiger partial charge in [0.05, 0.1) is 13.3 Å². The molecule has 6 nitrogen and oxygen atoms in total. The zero-order valence-electron chi connectivity index (χ0n) is 15.1. The van der Waals surface area contributed by atoms with Crippen molar-refractivity contribution in [3.63, 3.8) is 0 Å². The molecular formula is C20H23N5O. The number of aromatic nitrogens is 3. The molecule has 134 valence electrons. The molecule has 2 aromatic carbocycles. The van der Waals surface area contributed by atoms with Gasteiger partial charge >= 0.3 is 0 Å². The van der Waals surface area contributed by atoms with Crippen molar-refractivity contribution < 1.29 is 4.74 Å². The van der Waals surface area contributed by atoms with Crippen molar-refractivity contribution >= 4 is 11.8 Å².